The van der Waals surface area contributed by atoms with E-state index in [-0.39, 0.29) is 0 Å². The quantitative estimate of drug-likeness (QED) is 0.853. The third-order valence-corrected chi connectivity index (χ3v) is 2.94. The predicted molar refractivity (Wildman–Crippen MR) is 66.9 cm³/mol. The lowest BCUT2D eigenvalue weighted by Crippen LogP contribution is -2.28. The van der Waals surface area contributed by atoms with E-state index in [0.717, 1.165) is 25.1 Å². The van der Waals surface area contributed by atoms with Crippen molar-refractivity contribution in [1.29, 1.82) is 0 Å². The molecule has 0 saturated heterocycles. The molecule has 17 heavy (non-hydrogen) atoms. The molecule has 2 aromatic rings. The summed E-state index contributed by atoms with van der Waals surface area (Å²) in [5.74, 6) is 1.23. The van der Waals surface area contributed by atoms with E-state index in [1.165, 1.54) is 11.3 Å². The van der Waals surface area contributed by atoms with Crippen molar-refractivity contribution in [2.24, 2.45) is 0 Å². The Hall–Kier alpha value is -1.27. The van der Waals surface area contributed by atoms with E-state index in [1.54, 1.807) is 5.51 Å². The molecule has 0 spiro atoms. The molecule has 0 fully saturated rings. The third-order valence-electron chi connectivity index (χ3n) is 2.35. The standard InChI is InChI=1S/C11H16N4OS/c1-3-4-12-8(2)5-10-14-11(15-16-10)9-6-17-7-13-9/h6-8,12H,3-5H2,1-2H3. The van der Waals surface area contributed by atoms with Gasteiger partial charge in [0.05, 0.1) is 5.51 Å². The van der Waals surface area contributed by atoms with Crippen LogP contribution in [0.1, 0.15) is 26.2 Å². The lowest BCUT2D eigenvalue weighted by molar-refractivity contribution is 0.362. The second-order valence-corrected chi connectivity index (χ2v) is 4.66. The SMILES string of the molecule is CCCNC(C)Cc1nc(-c2cscn2)no1. The van der Waals surface area contributed by atoms with Crippen LogP contribution in [-0.2, 0) is 6.42 Å². The summed E-state index contributed by atoms with van der Waals surface area (Å²) in [5.41, 5.74) is 2.54. The van der Waals surface area contributed by atoms with Gasteiger partial charge in [0, 0.05) is 17.8 Å². The maximum Gasteiger partial charge on any atom is 0.228 e. The van der Waals surface area contributed by atoms with E-state index in [4.69, 9.17) is 4.52 Å². The van der Waals surface area contributed by atoms with Gasteiger partial charge in [0.2, 0.25) is 11.7 Å². The molecule has 0 aliphatic carbocycles. The van der Waals surface area contributed by atoms with Gasteiger partial charge in [-0.15, -0.1) is 11.3 Å². The molecule has 1 unspecified atom stereocenters. The maximum atomic E-state index is 5.20. The Morgan fingerprint density at radius 1 is 1.53 bits per heavy atom. The molecule has 5 nitrogen and oxygen atoms in total. The molecule has 2 rings (SSSR count). The van der Waals surface area contributed by atoms with Gasteiger partial charge in [0.1, 0.15) is 5.69 Å². The highest BCUT2D eigenvalue weighted by molar-refractivity contribution is 7.07. The van der Waals surface area contributed by atoms with Gasteiger partial charge in [-0.1, -0.05) is 12.1 Å². The Kier molecular flexibility index (Phi) is 4.22. The number of aromatic nitrogens is 3. The number of nitrogens with one attached hydrogen (secondary N) is 1. The summed E-state index contributed by atoms with van der Waals surface area (Å²) in [7, 11) is 0. The smallest absolute Gasteiger partial charge is 0.228 e. The van der Waals surface area contributed by atoms with E-state index < -0.39 is 0 Å². The largest absolute Gasteiger partial charge is 0.339 e. The molecule has 0 aromatic carbocycles. The van der Waals surface area contributed by atoms with Gasteiger partial charge in [-0.3, -0.25) is 0 Å². The fourth-order valence-electron chi connectivity index (χ4n) is 1.49. The molecule has 1 N–H and O–H groups in total. The fraction of sp³-hybridized carbons (Fsp3) is 0.545. The molecule has 92 valence electrons. The topological polar surface area (TPSA) is 63.8 Å². The van der Waals surface area contributed by atoms with Crippen molar-refractivity contribution in [1.82, 2.24) is 20.4 Å². The van der Waals surface area contributed by atoms with Crippen LogP contribution in [0.3, 0.4) is 0 Å². The number of thiazole rings is 1. The summed E-state index contributed by atoms with van der Waals surface area (Å²) in [6, 6.07) is 0.346. The fourth-order valence-corrected chi connectivity index (χ4v) is 2.02. The van der Waals surface area contributed by atoms with Crippen molar-refractivity contribution >= 4 is 11.3 Å². The third kappa shape index (κ3) is 3.34. The van der Waals surface area contributed by atoms with E-state index >= 15 is 0 Å². The van der Waals surface area contributed by atoms with E-state index in [2.05, 4.69) is 34.3 Å². The van der Waals surface area contributed by atoms with E-state index in [1.807, 2.05) is 5.38 Å². The summed E-state index contributed by atoms with van der Waals surface area (Å²) in [4.78, 5) is 8.47. The Morgan fingerprint density at radius 3 is 3.12 bits per heavy atom. The second-order valence-electron chi connectivity index (χ2n) is 3.94. The van der Waals surface area contributed by atoms with Crippen LogP contribution in [0.5, 0.6) is 0 Å². The Labute approximate surface area is 104 Å². The van der Waals surface area contributed by atoms with Gasteiger partial charge in [-0.2, -0.15) is 4.98 Å². The maximum absolute atomic E-state index is 5.20. The lowest BCUT2D eigenvalue weighted by atomic mass is 10.2. The zero-order chi connectivity index (χ0) is 12.1. The van der Waals surface area contributed by atoms with Crippen molar-refractivity contribution in [2.45, 2.75) is 32.7 Å². The highest BCUT2D eigenvalue weighted by Crippen LogP contribution is 2.15. The van der Waals surface area contributed by atoms with Crippen LogP contribution in [0, 0.1) is 0 Å². The molecule has 2 aromatic heterocycles. The van der Waals surface area contributed by atoms with Crippen LogP contribution in [0.25, 0.3) is 11.5 Å². The van der Waals surface area contributed by atoms with Crippen LogP contribution in [0.2, 0.25) is 0 Å². The summed E-state index contributed by atoms with van der Waals surface area (Å²) in [6.45, 7) is 5.27. The Bertz CT molecular complexity index is 440. The van der Waals surface area contributed by atoms with Crippen molar-refractivity contribution in [3.63, 3.8) is 0 Å². The van der Waals surface area contributed by atoms with E-state index in [0.29, 0.717) is 17.8 Å². The van der Waals surface area contributed by atoms with Crippen LogP contribution in [0.15, 0.2) is 15.4 Å². The molecular weight excluding hydrogens is 236 g/mol. The average molecular weight is 252 g/mol. The lowest BCUT2D eigenvalue weighted by Gasteiger charge is -2.09. The molecule has 2 heterocycles. The van der Waals surface area contributed by atoms with Gasteiger partial charge in [0.15, 0.2) is 0 Å². The summed E-state index contributed by atoms with van der Waals surface area (Å²) in [5, 5.41) is 9.22. The molecule has 0 saturated carbocycles. The highest BCUT2D eigenvalue weighted by Gasteiger charge is 2.12. The first kappa shape index (κ1) is 12.2. The summed E-state index contributed by atoms with van der Waals surface area (Å²) >= 11 is 1.52. The number of hydrogen-bond acceptors (Lipinski definition) is 6. The van der Waals surface area contributed by atoms with Crippen LogP contribution in [-0.4, -0.2) is 27.7 Å². The molecule has 0 radical (unpaired) electrons. The molecule has 0 amide bonds. The summed E-state index contributed by atoms with van der Waals surface area (Å²) < 4.78 is 5.20. The highest BCUT2D eigenvalue weighted by atomic mass is 32.1. The van der Waals surface area contributed by atoms with Gasteiger partial charge < -0.3 is 9.84 Å². The van der Waals surface area contributed by atoms with Gasteiger partial charge >= 0.3 is 0 Å². The minimum atomic E-state index is 0.346. The van der Waals surface area contributed by atoms with Crippen molar-refractivity contribution in [3.05, 3.63) is 16.8 Å². The van der Waals surface area contributed by atoms with Crippen molar-refractivity contribution < 1.29 is 4.52 Å². The van der Waals surface area contributed by atoms with Gasteiger partial charge in [-0.05, 0) is 19.9 Å². The molecule has 6 heteroatoms. The Morgan fingerprint density at radius 2 is 2.41 bits per heavy atom. The number of rotatable bonds is 6. The average Bonchev–Trinajstić information content (AvgIpc) is 2.95. The summed E-state index contributed by atoms with van der Waals surface area (Å²) in [6.07, 6.45) is 1.87. The predicted octanol–water partition coefficient (Wildman–Crippen LogP) is 2.12. The van der Waals surface area contributed by atoms with Crippen molar-refractivity contribution in [2.75, 3.05) is 6.54 Å². The van der Waals surface area contributed by atoms with Gasteiger partial charge in [-0.25, -0.2) is 4.98 Å². The first-order chi connectivity index (χ1) is 8.29. The normalized spacial score (nSPS) is 12.8. The minimum Gasteiger partial charge on any atom is -0.339 e. The zero-order valence-electron chi connectivity index (χ0n) is 10.0. The van der Waals surface area contributed by atoms with Gasteiger partial charge in [0.25, 0.3) is 0 Å². The Balaban J connectivity index is 1.94. The molecule has 0 aliphatic heterocycles. The first-order valence-electron chi connectivity index (χ1n) is 5.74. The van der Waals surface area contributed by atoms with Crippen LogP contribution >= 0.6 is 11.3 Å². The van der Waals surface area contributed by atoms with Crippen LogP contribution in [0.4, 0.5) is 0 Å². The van der Waals surface area contributed by atoms with Crippen molar-refractivity contribution in [3.8, 4) is 11.5 Å². The molecule has 0 aliphatic rings. The van der Waals surface area contributed by atoms with Crippen LogP contribution < -0.4 is 5.32 Å². The second kappa shape index (κ2) is 5.88. The number of nitrogens with zero attached hydrogens (tertiary/aromatic N) is 3. The van der Waals surface area contributed by atoms with E-state index in [9.17, 15) is 0 Å². The zero-order valence-corrected chi connectivity index (χ0v) is 10.8. The minimum absolute atomic E-state index is 0.346. The molecular formula is C11H16N4OS. The first-order valence-corrected chi connectivity index (χ1v) is 6.68. The monoisotopic (exact) mass is 252 g/mol. The molecule has 1 atom stereocenters. The number of hydrogen-bond donors (Lipinski definition) is 1. The molecule has 0 bridgehead atoms.